The molecule has 0 aliphatic carbocycles. The lowest BCUT2D eigenvalue weighted by molar-refractivity contribution is -0.384. The zero-order chi connectivity index (χ0) is 17.0. The van der Waals surface area contributed by atoms with Gasteiger partial charge in [0.25, 0.3) is 11.6 Å². The maximum atomic E-state index is 11.7. The molecule has 120 valence electrons. The number of carbonyl (C=O) groups excluding carboxylic acids is 2. The van der Waals surface area contributed by atoms with Crippen LogP contribution in [0.25, 0.3) is 0 Å². The third-order valence-electron chi connectivity index (χ3n) is 2.54. The summed E-state index contributed by atoms with van der Waals surface area (Å²) in [6, 6.07) is 6.82. The van der Waals surface area contributed by atoms with Gasteiger partial charge in [0, 0.05) is 11.8 Å². The molecule has 0 spiro atoms. The number of hydrogen-bond acceptors (Lipinski definition) is 6. The fourth-order valence-electron chi connectivity index (χ4n) is 1.55. The van der Waals surface area contributed by atoms with Crippen molar-refractivity contribution < 1.29 is 19.2 Å². The van der Waals surface area contributed by atoms with E-state index in [1.54, 1.807) is 0 Å². The molecule has 0 unspecified atom stereocenters. The molecule has 0 fully saturated rings. The van der Waals surface area contributed by atoms with E-state index in [0.29, 0.717) is 4.34 Å². The number of rotatable bonds is 5. The lowest BCUT2D eigenvalue weighted by atomic mass is 10.3. The van der Waals surface area contributed by atoms with Crippen molar-refractivity contribution in [2.45, 2.75) is 0 Å². The highest BCUT2D eigenvalue weighted by atomic mass is 35.5. The molecular formula is C13H8Cl2N2O5S. The van der Waals surface area contributed by atoms with Crippen molar-refractivity contribution in [3.63, 3.8) is 0 Å². The van der Waals surface area contributed by atoms with Crippen LogP contribution in [0.1, 0.15) is 9.67 Å². The molecule has 1 N–H and O–H groups in total. The van der Waals surface area contributed by atoms with Crippen molar-refractivity contribution in [1.29, 1.82) is 0 Å². The Balaban J connectivity index is 1.93. The first kappa shape index (κ1) is 17.2. The predicted molar refractivity (Wildman–Crippen MR) is 86.3 cm³/mol. The Morgan fingerprint density at radius 3 is 2.61 bits per heavy atom. The van der Waals surface area contributed by atoms with E-state index in [9.17, 15) is 19.7 Å². The first-order valence-electron chi connectivity index (χ1n) is 6.03. The second-order valence-electron chi connectivity index (χ2n) is 4.15. The SMILES string of the molecule is O=C(COC(=O)c1ccc(Cl)s1)Nc1ccc(Cl)c([N+](=O)[O-])c1. The van der Waals surface area contributed by atoms with E-state index in [-0.39, 0.29) is 21.3 Å². The van der Waals surface area contributed by atoms with Gasteiger partial charge in [-0.15, -0.1) is 11.3 Å². The molecule has 0 saturated heterocycles. The quantitative estimate of drug-likeness (QED) is 0.487. The number of anilines is 1. The molecule has 1 heterocycles. The van der Waals surface area contributed by atoms with E-state index in [4.69, 9.17) is 27.9 Å². The number of nitrogens with zero attached hydrogens (tertiary/aromatic N) is 1. The van der Waals surface area contributed by atoms with Crippen LogP contribution in [-0.4, -0.2) is 23.4 Å². The van der Waals surface area contributed by atoms with E-state index in [1.807, 2.05) is 0 Å². The zero-order valence-corrected chi connectivity index (χ0v) is 13.6. The number of thiophene rings is 1. The molecule has 1 aromatic carbocycles. The van der Waals surface area contributed by atoms with Crippen molar-refractivity contribution >= 4 is 57.8 Å². The van der Waals surface area contributed by atoms with Crippen LogP contribution in [0.15, 0.2) is 30.3 Å². The highest BCUT2D eigenvalue weighted by molar-refractivity contribution is 7.17. The van der Waals surface area contributed by atoms with Crippen molar-refractivity contribution in [2.75, 3.05) is 11.9 Å². The van der Waals surface area contributed by atoms with Gasteiger partial charge in [0.15, 0.2) is 6.61 Å². The summed E-state index contributed by atoms with van der Waals surface area (Å²) in [4.78, 5) is 33.7. The Morgan fingerprint density at radius 1 is 1.26 bits per heavy atom. The third-order valence-corrected chi connectivity index (χ3v) is 4.07. The van der Waals surface area contributed by atoms with Crippen LogP contribution >= 0.6 is 34.5 Å². The normalized spacial score (nSPS) is 10.2. The number of carbonyl (C=O) groups is 2. The van der Waals surface area contributed by atoms with Crippen LogP contribution < -0.4 is 5.32 Å². The van der Waals surface area contributed by atoms with Gasteiger partial charge in [-0.1, -0.05) is 23.2 Å². The molecule has 23 heavy (non-hydrogen) atoms. The topological polar surface area (TPSA) is 98.5 Å². The number of benzene rings is 1. The summed E-state index contributed by atoms with van der Waals surface area (Å²) in [5.74, 6) is -1.32. The molecule has 10 heteroatoms. The molecule has 0 radical (unpaired) electrons. The van der Waals surface area contributed by atoms with Crippen LogP contribution in [0, 0.1) is 10.1 Å². The number of nitrogens with one attached hydrogen (secondary N) is 1. The molecule has 0 bridgehead atoms. The van der Waals surface area contributed by atoms with Crippen molar-refractivity contribution in [3.8, 4) is 0 Å². The summed E-state index contributed by atoms with van der Waals surface area (Å²) < 4.78 is 5.24. The van der Waals surface area contributed by atoms with Crippen LogP contribution in [0.4, 0.5) is 11.4 Å². The minimum atomic E-state index is -0.681. The Morgan fingerprint density at radius 2 is 2.00 bits per heavy atom. The Bertz CT molecular complexity index is 777. The highest BCUT2D eigenvalue weighted by Gasteiger charge is 2.15. The van der Waals surface area contributed by atoms with Gasteiger partial charge in [0.05, 0.1) is 9.26 Å². The average molecular weight is 375 g/mol. The Labute approximate surface area is 143 Å². The second kappa shape index (κ2) is 7.40. The molecule has 0 aliphatic rings. The monoisotopic (exact) mass is 374 g/mol. The van der Waals surface area contributed by atoms with Crippen LogP contribution in [-0.2, 0) is 9.53 Å². The molecule has 2 rings (SSSR count). The summed E-state index contributed by atoms with van der Waals surface area (Å²) in [7, 11) is 0. The maximum Gasteiger partial charge on any atom is 0.348 e. The molecule has 1 aromatic heterocycles. The molecular weight excluding hydrogens is 367 g/mol. The average Bonchev–Trinajstić information content (AvgIpc) is 2.93. The Hall–Kier alpha value is -2.16. The lowest BCUT2D eigenvalue weighted by Crippen LogP contribution is -2.20. The van der Waals surface area contributed by atoms with Crippen molar-refractivity contribution in [2.24, 2.45) is 0 Å². The van der Waals surface area contributed by atoms with Crippen molar-refractivity contribution in [3.05, 3.63) is 54.7 Å². The number of nitro benzene ring substituents is 1. The zero-order valence-electron chi connectivity index (χ0n) is 11.2. The van der Waals surface area contributed by atoms with Crippen molar-refractivity contribution in [1.82, 2.24) is 0 Å². The van der Waals surface area contributed by atoms with E-state index in [2.05, 4.69) is 5.32 Å². The van der Waals surface area contributed by atoms with Gasteiger partial charge in [-0.2, -0.15) is 0 Å². The molecule has 2 aromatic rings. The van der Waals surface area contributed by atoms with Gasteiger partial charge in [0.1, 0.15) is 9.90 Å². The molecule has 7 nitrogen and oxygen atoms in total. The van der Waals surface area contributed by atoms with E-state index in [1.165, 1.54) is 24.3 Å². The highest BCUT2D eigenvalue weighted by Crippen LogP contribution is 2.27. The van der Waals surface area contributed by atoms with Gasteiger partial charge >= 0.3 is 5.97 Å². The minimum absolute atomic E-state index is 0.0472. The molecule has 0 aliphatic heterocycles. The fourth-order valence-corrected chi connectivity index (χ4v) is 2.68. The van der Waals surface area contributed by atoms with E-state index >= 15 is 0 Å². The van der Waals surface area contributed by atoms with E-state index < -0.39 is 23.4 Å². The number of halogens is 2. The largest absolute Gasteiger partial charge is 0.451 e. The Kier molecular flexibility index (Phi) is 5.54. The smallest absolute Gasteiger partial charge is 0.348 e. The minimum Gasteiger partial charge on any atom is -0.451 e. The number of amides is 1. The van der Waals surface area contributed by atoms with Crippen LogP contribution in [0.5, 0.6) is 0 Å². The first-order valence-corrected chi connectivity index (χ1v) is 7.60. The van der Waals surface area contributed by atoms with E-state index in [0.717, 1.165) is 17.4 Å². The van der Waals surface area contributed by atoms with Gasteiger partial charge in [-0.3, -0.25) is 14.9 Å². The number of ether oxygens (including phenoxy) is 1. The lowest BCUT2D eigenvalue weighted by Gasteiger charge is -2.06. The number of nitro groups is 1. The third kappa shape index (κ3) is 4.65. The van der Waals surface area contributed by atoms with Gasteiger partial charge in [0.2, 0.25) is 0 Å². The second-order valence-corrected chi connectivity index (χ2v) is 6.27. The predicted octanol–water partition coefficient (Wildman–Crippen LogP) is 3.76. The summed E-state index contributed by atoms with van der Waals surface area (Å²) in [5.41, 5.74) is -0.170. The maximum absolute atomic E-state index is 11.7. The number of esters is 1. The van der Waals surface area contributed by atoms with Gasteiger partial charge < -0.3 is 10.1 Å². The molecule has 0 saturated carbocycles. The summed E-state index contributed by atoms with van der Waals surface area (Å²) in [6.07, 6.45) is 0. The molecule has 0 atom stereocenters. The van der Waals surface area contributed by atoms with Gasteiger partial charge in [-0.05, 0) is 24.3 Å². The van der Waals surface area contributed by atoms with Crippen LogP contribution in [0.2, 0.25) is 9.36 Å². The summed E-state index contributed by atoms with van der Waals surface area (Å²) in [5, 5.41) is 13.1. The fraction of sp³-hybridized carbons (Fsp3) is 0.0769. The van der Waals surface area contributed by atoms with Crippen LogP contribution in [0.3, 0.4) is 0 Å². The first-order chi connectivity index (χ1) is 10.9. The standard InChI is InChI=1S/C13H8Cl2N2O5S/c14-8-2-1-7(5-9(8)17(20)21)16-12(18)6-22-13(19)10-3-4-11(15)23-10/h1-5H,6H2,(H,16,18). The van der Waals surface area contributed by atoms with Gasteiger partial charge in [-0.25, -0.2) is 4.79 Å². The summed E-state index contributed by atoms with van der Waals surface area (Å²) >= 11 is 12.4. The summed E-state index contributed by atoms with van der Waals surface area (Å²) in [6.45, 7) is -0.537. The molecule has 1 amide bonds. The number of hydrogen-bond donors (Lipinski definition) is 1.